The molecule has 1 aromatic carbocycles. The highest BCUT2D eigenvalue weighted by Gasteiger charge is 2.68. The van der Waals surface area contributed by atoms with E-state index in [0.29, 0.717) is 6.42 Å². The van der Waals surface area contributed by atoms with Crippen LogP contribution in [0.3, 0.4) is 0 Å². The number of esters is 1. The van der Waals surface area contributed by atoms with Gasteiger partial charge >= 0.3 is 5.97 Å². The Kier molecular flexibility index (Phi) is 3.88. The number of hydrogen-bond donors (Lipinski definition) is 0. The molecule has 3 atom stereocenters. The van der Waals surface area contributed by atoms with Crippen LogP contribution in [0.2, 0.25) is 0 Å². The molecule has 0 spiro atoms. The van der Waals surface area contributed by atoms with Gasteiger partial charge in [0.2, 0.25) is 10.0 Å². The molecule has 6 heteroatoms. The smallest absolute Gasteiger partial charge is 0.324 e. The maximum Gasteiger partial charge on any atom is 0.324 e. The van der Waals surface area contributed by atoms with E-state index in [4.69, 9.17) is 4.74 Å². The van der Waals surface area contributed by atoms with E-state index in [9.17, 15) is 13.2 Å². The van der Waals surface area contributed by atoms with Gasteiger partial charge in [0, 0.05) is 12.0 Å². The van der Waals surface area contributed by atoms with Crippen molar-refractivity contribution >= 4 is 16.0 Å². The third-order valence-electron chi connectivity index (χ3n) is 5.70. The number of hydrogen-bond acceptors (Lipinski definition) is 4. The van der Waals surface area contributed by atoms with Gasteiger partial charge in [0.05, 0.1) is 12.0 Å². The van der Waals surface area contributed by atoms with E-state index in [0.717, 1.165) is 12.0 Å². The SMILES string of the molecule is C=C[C@@]12CN(S(=O)(=O)c3ccc(C)cc3)[C@H](C(=O)OC)C[C@]1(C)C2. The van der Waals surface area contributed by atoms with Gasteiger partial charge in [-0.15, -0.1) is 6.58 Å². The van der Waals surface area contributed by atoms with Crippen molar-refractivity contribution in [1.82, 2.24) is 4.31 Å². The van der Waals surface area contributed by atoms with Gasteiger partial charge in [0.25, 0.3) is 0 Å². The predicted octanol–water partition coefficient (Wildman–Crippen LogP) is 2.51. The van der Waals surface area contributed by atoms with Crippen LogP contribution in [-0.4, -0.2) is 38.4 Å². The molecule has 5 nitrogen and oxygen atoms in total. The second-order valence-corrected chi connectivity index (χ2v) is 9.09. The first-order chi connectivity index (χ1) is 11.2. The number of rotatable bonds is 4. The predicted molar refractivity (Wildman–Crippen MR) is 90.8 cm³/mol. The van der Waals surface area contributed by atoms with Crippen molar-refractivity contribution in [2.24, 2.45) is 10.8 Å². The molecule has 1 saturated heterocycles. The van der Waals surface area contributed by atoms with E-state index < -0.39 is 22.0 Å². The third kappa shape index (κ3) is 2.40. The molecule has 0 radical (unpaired) electrons. The largest absolute Gasteiger partial charge is 0.468 e. The quantitative estimate of drug-likeness (QED) is 0.619. The zero-order valence-corrected chi connectivity index (χ0v) is 15.1. The molecule has 2 fully saturated rings. The molecule has 0 amide bonds. The van der Waals surface area contributed by atoms with E-state index in [1.807, 2.05) is 13.0 Å². The number of methoxy groups -OCH3 is 1. The molecule has 1 aromatic rings. The lowest BCUT2D eigenvalue weighted by atomic mass is 9.84. The first kappa shape index (κ1) is 17.2. The van der Waals surface area contributed by atoms with Crippen LogP contribution in [0.25, 0.3) is 0 Å². The molecule has 130 valence electrons. The fourth-order valence-electron chi connectivity index (χ4n) is 3.91. The van der Waals surface area contributed by atoms with E-state index in [1.165, 1.54) is 11.4 Å². The standard InChI is InChI=1S/C18H23NO4S/c1-5-18-11-17(18,3)10-15(16(20)23-4)19(12-18)24(21,22)14-8-6-13(2)7-9-14/h5-9,15H,1,10-12H2,2-4H3/t15-,17+,18+/m0/s1. The molecule has 24 heavy (non-hydrogen) atoms. The zero-order chi connectivity index (χ0) is 17.8. The number of benzene rings is 1. The normalized spacial score (nSPS) is 32.7. The lowest BCUT2D eigenvalue weighted by Crippen LogP contribution is -2.52. The molecule has 0 aromatic heterocycles. The van der Waals surface area contributed by atoms with E-state index in [1.54, 1.807) is 24.3 Å². The number of nitrogens with zero attached hydrogens (tertiary/aromatic N) is 1. The Morgan fingerprint density at radius 2 is 2.00 bits per heavy atom. The zero-order valence-electron chi connectivity index (χ0n) is 14.3. The molecule has 0 N–H and O–H groups in total. The van der Waals surface area contributed by atoms with Crippen molar-refractivity contribution in [2.75, 3.05) is 13.7 Å². The molecular weight excluding hydrogens is 326 g/mol. The van der Waals surface area contributed by atoms with Crippen LogP contribution in [0.1, 0.15) is 25.3 Å². The van der Waals surface area contributed by atoms with E-state index in [2.05, 4.69) is 13.5 Å². The van der Waals surface area contributed by atoms with Gasteiger partial charge in [-0.25, -0.2) is 8.42 Å². The summed E-state index contributed by atoms with van der Waals surface area (Å²) < 4.78 is 32.5. The number of fused-ring (bicyclic) bond motifs is 1. The summed E-state index contributed by atoms with van der Waals surface area (Å²) in [6, 6.07) is 5.89. The lowest BCUT2D eigenvalue weighted by Gasteiger charge is -2.39. The second-order valence-electron chi connectivity index (χ2n) is 7.20. The van der Waals surface area contributed by atoms with Crippen LogP contribution in [0.4, 0.5) is 0 Å². The second kappa shape index (κ2) is 5.43. The Morgan fingerprint density at radius 1 is 1.38 bits per heavy atom. The van der Waals surface area contributed by atoms with Crippen molar-refractivity contribution < 1.29 is 17.9 Å². The minimum absolute atomic E-state index is 0.0904. The van der Waals surface area contributed by atoms with Crippen LogP contribution in [-0.2, 0) is 19.6 Å². The molecule has 3 rings (SSSR count). The summed E-state index contributed by atoms with van der Waals surface area (Å²) >= 11 is 0. The molecule has 1 aliphatic carbocycles. The lowest BCUT2D eigenvalue weighted by molar-refractivity contribution is -0.147. The third-order valence-corrected chi connectivity index (χ3v) is 7.57. The summed E-state index contributed by atoms with van der Waals surface area (Å²) in [6.07, 6.45) is 3.14. The van der Waals surface area contributed by atoms with Crippen molar-refractivity contribution in [2.45, 2.75) is 37.6 Å². The fraction of sp³-hybridized carbons (Fsp3) is 0.500. The highest BCUT2D eigenvalue weighted by atomic mass is 32.2. The van der Waals surface area contributed by atoms with Gasteiger partial charge in [-0.1, -0.05) is 30.7 Å². The maximum atomic E-state index is 13.1. The number of carbonyl (C=O) groups is 1. The van der Waals surface area contributed by atoms with Crippen LogP contribution >= 0.6 is 0 Å². The number of ether oxygens (including phenoxy) is 1. The summed E-state index contributed by atoms with van der Waals surface area (Å²) in [5.74, 6) is -0.503. The average molecular weight is 349 g/mol. The van der Waals surface area contributed by atoms with Gasteiger partial charge in [-0.2, -0.15) is 4.31 Å². The summed E-state index contributed by atoms with van der Waals surface area (Å²) in [4.78, 5) is 12.5. The fourth-order valence-corrected chi connectivity index (χ4v) is 5.56. The Balaban J connectivity index is 2.03. The van der Waals surface area contributed by atoms with Crippen molar-refractivity contribution in [1.29, 1.82) is 0 Å². The Hall–Kier alpha value is -1.66. The van der Waals surface area contributed by atoms with E-state index in [-0.39, 0.29) is 22.3 Å². The number of piperidine rings is 1. The summed E-state index contributed by atoms with van der Waals surface area (Å²) in [6.45, 7) is 8.15. The number of sulfonamides is 1. The van der Waals surface area contributed by atoms with Crippen LogP contribution in [0, 0.1) is 17.8 Å². The first-order valence-corrected chi connectivity index (χ1v) is 9.43. The monoisotopic (exact) mass is 349 g/mol. The molecule has 0 bridgehead atoms. The Morgan fingerprint density at radius 3 is 2.54 bits per heavy atom. The van der Waals surface area contributed by atoms with Gasteiger partial charge in [0.1, 0.15) is 6.04 Å². The minimum Gasteiger partial charge on any atom is -0.468 e. The van der Waals surface area contributed by atoms with Crippen molar-refractivity contribution in [3.63, 3.8) is 0 Å². The Bertz CT molecular complexity index is 786. The molecule has 1 aliphatic heterocycles. The molecular formula is C18H23NO4S. The number of carbonyl (C=O) groups excluding carboxylic acids is 1. The highest BCUT2D eigenvalue weighted by Crippen LogP contribution is 2.70. The van der Waals surface area contributed by atoms with Crippen molar-refractivity contribution in [3.8, 4) is 0 Å². The average Bonchev–Trinajstić information content (AvgIpc) is 3.18. The molecule has 1 saturated carbocycles. The van der Waals surface area contributed by atoms with Crippen molar-refractivity contribution in [3.05, 3.63) is 42.5 Å². The van der Waals surface area contributed by atoms with Crippen LogP contribution in [0.5, 0.6) is 0 Å². The van der Waals surface area contributed by atoms with Gasteiger partial charge in [-0.3, -0.25) is 4.79 Å². The minimum atomic E-state index is -3.78. The van der Waals surface area contributed by atoms with Crippen LogP contribution in [0.15, 0.2) is 41.8 Å². The molecule has 1 heterocycles. The summed E-state index contributed by atoms with van der Waals surface area (Å²) in [7, 11) is -2.48. The topological polar surface area (TPSA) is 63.7 Å². The first-order valence-electron chi connectivity index (χ1n) is 7.99. The van der Waals surface area contributed by atoms with Gasteiger partial charge < -0.3 is 4.74 Å². The summed E-state index contributed by atoms with van der Waals surface area (Å²) in [5.41, 5.74) is 0.636. The molecule has 2 aliphatic rings. The Labute approximate surface area is 143 Å². The summed E-state index contributed by atoms with van der Waals surface area (Å²) in [5, 5.41) is 0. The van der Waals surface area contributed by atoms with Gasteiger partial charge in [0.15, 0.2) is 0 Å². The molecule has 0 unspecified atom stereocenters. The van der Waals surface area contributed by atoms with Gasteiger partial charge in [-0.05, 0) is 37.3 Å². The van der Waals surface area contributed by atoms with Crippen LogP contribution < -0.4 is 0 Å². The number of aryl methyl sites for hydroxylation is 1. The van der Waals surface area contributed by atoms with E-state index >= 15 is 0 Å². The highest BCUT2D eigenvalue weighted by molar-refractivity contribution is 7.89. The maximum absolute atomic E-state index is 13.1.